The van der Waals surface area contributed by atoms with E-state index < -0.39 is 16.0 Å². The number of aromatic carboxylic acids is 1. The molecule has 16 heavy (non-hydrogen) atoms. The molecular formula is C9H11NO5S. The van der Waals surface area contributed by atoms with Crippen molar-refractivity contribution in [1.82, 2.24) is 4.72 Å². The van der Waals surface area contributed by atoms with Gasteiger partial charge in [0.15, 0.2) is 0 Å². The highest BCUT2D eigenvalue weighted by molar-refractivity contribution is 7.89. The van der Waals surface area contributed by atoms with E-state index in [1.54, 1.807) is 0 Å². The van der Waals surface area contributed by atoms with E-state index in [4.69, 9.17) is 9.52 Å². The number of furan rings is 1. The van der Waals surface area contributed by atoms with Gasteiger partial charge in [0.2, 0.25) is 10.9 Å². The molecule has 0 atom stereocenters. The molecule has 1 fully saturated rings. The summed E-state index contributed by atoms with van der Waals surface area (Å²) in [6.45, 7) is 0. The molecule has 0 unspecified atom stereocenters. The molecule has 0 aliphatic heterocycles. The van der Waals surface area contributed by atoms with Crippen LogP contribution in [-0.2, 0) is 10.0 Å². The summed E-state index contributed by atoms with van der Waals surface area (Å²) in [6, 6.07) is 2.21. The summed E-state index contributed by atoms with van der Waals surface area (Å²) >= 11 is 0. The van der Waals surface area contributed by atoms with Crippen molar-refractivity contribution < 1.29 is 22.7 Å². The standard InChI is InChI=1S/C9H11NO5S/c11-9(12)7-4-5-8(15-7)16(13,14)10-6-2-1-3-6/h4-6,10H,1-3H2,(H,11,12). The summed E-state index contributed by atoms with van der Waals surface area (Å²) in [7, 11) is -3.71. The summed E-state index contributed by atoms with van der Waals surface area (Å²) in [5, 5.41) is 8.24. The second-order valence-electron chi connectivity index (χ2n) is 3.67. The number of carbonyl (C=O) groups is 1. The Balaban J connectivity index is 2.17. The molecule has 7 heteroatoms. The monoisotopic (exact) mass is 245 g/mol. The average molecular weight is 245 g/mol. The fourth-order valence-electron chi connectivity index (χ4n) is 1.38. The van der Waals surface area contributed by atoms with Gasteiger partial charge >= 0.3 is 5.97 Å². The van der Waals surface area contributed by atoms with Crippen molar-refractivity contribution >= 4 is 16.0 Å². The van der Waals surface area contributed by atoms with Crippen molar-refractivity contribution in [3.8, 4) is 0 Å². The molecule has 88 valence electrons. The molecule has 1 heterocycles. The van der Waals surface area contributed by atoms with Crippen LogP contribution in [0.15, 0.2) is 21.6 Å². The van der Waals surface area contributed by atoms with E-state index >= 15 is 0 Å². The molecule has 0 bridgehead atoms. The van der Waals surface area contributed by atoms with Crippen molar-refractivity contribution in [1.29, 1.82) is 0 Å². The third-order valence-electron chi connectivity index (χ3n) is 2.48. The highest BCUT2D eigenvalue weighted by Crippen LogP contribution is 2.21. The van der Waals surface area contributed by atoms with Crippen LogP contribution in [0.5, 0.6) is 0 Å². The molecular weight excluding hydrogens is 234 g/mol. The van der Waals surface area contributed by atoms with Crippen molar-refractivity contribution in [3.63, 3.8) is 0 Å². The molecule has 1 aromatic rings. The maximum Gasteiger partial charge on any atom is 0.371 e. The largest absolute Gasteiger partial charge is 0.475 e. The topological polar surface area (TPSA) is 96.6 Å². The van der Waals surface area contributed by atoms with Crippen molar-refractivity contribution in [2.24, 2.45) is 0 Å². The van der Waals surface area contributed by atoms with Gasteiger partial charge in [-0.3, -0.25) is 0 Å². The molecule has 2 rings (SSSR count). The summed E-state index contributed by atoms with van der Waals surface area (Å²) in [5.74, 6) is -1.67. The Labute approximate surface area is 92.3 Å². The molecule has 0 spiro atoms. The van der Waals surface area contributed by atoms with Gasteiger partial charge in [-0.25, -0.2) is 17.9 Å². The van der Waals surface area contributed by atoms with Crippen LogP contribution in [0.25, 0.3) is 0 Å². The van der Waals surface area contributed by atoms with Crippen molar-refractivity contribution in [3.05, 3.63) is 17.9 Å². The SMILES string of the molecule is O=C(O)c1ccc(S(=O)(=O)NC2CCC2)o1. The first-order chi connectivity index (χ1) is 7.49. The van der Waals surface area contributed by atoms with Crippen molar-refractivity contribution in [2.45, 2.75) is 30.4 Å². The molecule has 1 aliphatic carbocycles. The fourth-order valence-corrected chi connectivity index (χ4v) is 2.62. The number of hydrogen-bond acceptors (Lipinski definition) is 4. The lowest BCUT2D eigenvalue weighted by Crippen LogP contribution is -2.39. The van der Waals surface area contributed by atoms with E-state index in [9.17, 15) is 13.2 Å². The van der Waals surface area contributed by atoms with Crippen LogP contribution >= 0.6 is 0 Å². The molecule has 6 nitrogen and oxygen atoms in total. The van der Waals surface area contributed by atoms with Crippen LogP contribution in [0.1, 0.15) is 29.8 Å². The maximum atomic E-state index is 11.7. The number of rotatable bonds is 4. The quantitative estimate of drug-likeness (QED) is 0.818. The van der Waals surface area contributed by atoms with Crippen LogP contribution in [0.3, 0.4) is 0 Å². The van der Waals surface area contributed by atoms with Gasteiger partial charge in [0.25, 0.3) is 10.0 Å². The number of sulfonamides is 1. The molecule has 2 N–H and O–H groups in total. The Morgan fingerprint density at radius 1 is 1.44 bits per heavy atom. The van der Waals surface area contributed by atoms with Crippen LogP contribution in [0.2, 0.25) is 0 Å². The predicted molar refractivity (Wildman–Crippen MR) is 53.6 cm³/mol. The number of nitrogens with one attached hydrogen (secondary N) is 1. The van der Waals surface area contributed by atoms with E-state index in [1.165, 1.54) is 0 Å². The minimum atomic E-state index is -3.71. The molecule has 1 aromatic heterocycles. The summed E-state index contributed by atoms with van der Waals surface area (Å²) in [5.41, 5.74) is 0. The molecule has 1 saturated carbocycles. The Kier molecular flexibility index (Phi) is 2.73. The second kappa shape index (κ2) is 3.91. The molecule has 0 radical (unpaired) electrons. The highest BCUT2D eigenvalue weighted by Gasteiger charge is 2.27. The summed E-state index contributed by atoms with van der Waals surface area (Å²) in [4.78, 5) is 10.5. The zero-order chi connectivity index (χ0) is 11.8. The van der Waals surface area contributed by atoms with Gasteiger partial charge in [-0.15, -0.1) is 0 Å². The van der Waals surface area contributed by atoms with E-state index in [1.807, 2.05) is 0 Å². The minimum Gasteiger partial charge on any atom is -0.475 e. The third kappa shape index (κ3) is 2.10. The lowest BCUT2D eigenvalue weighted by molar-refractivity contribution is 0.0656. The first kappa shape index (κ1) is 11.2. The van der Waals surface area contributed by atoms with Crippen LogP contribution in [0, 0.1) is 0 Å². The van der Waals surface area contributed by atoms with E-state index in [0.717, 1.165) is 31.4 Å². The predicted octanol–water partition coefficient (Wildman–Crippen LogP) is 0.809. The summed E-state index contributed by atoms with van der Waals surface area (Å²) in [6.07, 6.45) is 2.63. The number of carboxylic acids is 1. The average Bonchev–Trinajstić information content (AvgIpc) is 2.61. The summed E-state index contributed by atoms with van der Waals surface area (Å²) < 4.78 is 30.5. The Morgan fingerprint density at radius 3 is 2.56 bits per heavy atom. The fraction of sp³-hybridized carbons (Fsp3) is 0.444. The van der Waals surface area contributed by atoms with E-state index in [2.05, 4.69) is 4.72 Å². The van der Waals surface area contributed by atoms with Crippen LogP contribution < -0.4 is 4.72 Å². The Morgan fingerprint density at radius 2 is 2.12 bits per heavy atom. The Bertz CT molecular complexity index is 500. The molecule has 1 aliphatic rings. The normalized spacial score (nSPS) is 17.0. The minimum absolute atomic E-state index is 0.0524. The zero-order valence-corrected chi connectivity index (χ0v) is 9.16. The lowest BCUT2D eigenvalue weighted by Gasteiger charge is -2.25. The highest BCUT2D eigenvalue weighted by atomic mass is 32.2. The van der Waals surface area contributed by atoms with E-state index in [0.29, 0.717) is 0 Å². The van der Waals surface area contributed by atoms with Gasteiger partial charge in [0, 0.05) is 6.04 Å². The molecule has 0 amide bonds. The van der Waals surface area contributed by atoms with Gasteiger partial charge in [0.1, 0.15) is 0 Å². The first-order valence-electron chi connectivity index (χ1n) is 4.84. The third-order valence-corrected chi connectivity index (χ3v) is 3.88. The molecule has 0 aromatic carbocycles. The Hall–Kier alpha value is -1.34. The van der Waals surface area contributed by atoms with Gasteiger partial charge in [-0.1, -0.05) is 6.42 Å². The molecule has 0 saturated heterocycles. The van der Waals surface area contributed by atoms with Crippen LogP contribution in [-0.4, -0.2) is 25.5 Å². The number of hydrogen-bond donors (Lipinski definition) is 2. The van der Waals surface area contributed by atoms with Gasteiger partial charge in [0.05, 0.1) is 0 Å². The zero-order valence-electron chi connectivity index (χ0n) is 8.34. The first-order valence-corrected chi connectivity index (χ1v) is 6.33. The van der Waals surface area contributed by atoms with Crippen molar-refractivity contribution in [2.75, 3.05) is 0 Å². The maximum absolute atomic E-state index is 11.7. The smallest absolute Gasteiger partial charge is 0.371 e. The van der Waals surface area contributed by atoms with Crippen LogP contribution in [0.4, 0.5) is 0 Å². The van der Waals surface area contributed by atoms with E-state index in [-0.39, 0.29) is 16.9 Å². The van der Waals surface area contributed by atoms with Gasteiger partial charge in [-0.2, -0.15) is 0 Å². The van der Waals surface area contributed by atoms with Gasteiger partial charge < -0.3 is 9.52 Å². The lowest BCUT2D eigenvalue weighted by atomic mass is 9.94. The second-order valence-corrected chi connectivity index (χ2v) is 5.32. The number of carboxylic acid groups (broad SMARTS) is 1. The van der Waals surface area contributed by atoms with Gasteiger partial charge in [-0.05, 0) is 25.0 Å².